The van der Waals surface area contributed by atoms with Crippen LogP contribution in [0.15, 0.2) is 41.3 Å². The first-order valence-corrected chi connectivity index (χ1v) is 11.1. The molecule has 0 fully saturated rings. The van der Waals surface area contributed by atoms with Gasteiger partial charge in [-0.1, -0.05) is 18.2 Å². The highest BCUT2D eigenvalue weighted by molar-refractivity contribution is 7.85. The number of halogens is 4. The summed E-state index contributed by atoms with van der Waals surface area (Å²) in [6.07, 6.45) is -4.76. The Bertz CT molecular complexity index is 1120. The first-order chi connectivity index (χ1) is 15.9. The number of rotatable bonds is 7. The van der Waals surface area contributed by atoms with Crippen LogP contribution in [0.4, 0.5) is 23.2 Å². The van der Waals surface area contributed by atoms with Crippen molar-refractivity contribution in [2.75, 3.05) is 24.4 Å². The lowest BCUT2D eigenvalue weighted by atomic mass is 10.1. The molecule has 1 amide bonds. The van der Waals surface area contributed by atoms with Crippen LogP contribution < -0.4 is 4.90 Å². The fourth-order valence-corrected chi connectivity index (χ4v) is 4.13. The molecule has 184 valence electrons. The summed E-state index contributed by atoms with van der Waals surface area (Å²) >= 11 is 0. The number of anilines is 1. The van der Waals surface area contributed by atoms with E-state index < -0.39 is 58.6 Å². The topological polar surface area (TPSA) is 90.0 Å². The highest BCUT2D eigenvalue weighted by Crippen LogP contribution is 2.30. The molecule has 1 atom stereocenters. The van der Waals surface area contributed by atoms with Gasteiger partial charge in [-0.3, -0.25) is 13.9 Å². The summed E-state index contributed by atoms with van der Waals surface area (Å²) < 4.78 is 75.0. The molecule has 0 bridgehead atoms. The second-order valence-electron chi connectivity index (χ2n) is 6.93. The lowest BCUT2D eigenvalue weighted by Crippen LogP contribution is -2.38. The van der Waals surface area contributed by atoms with Crippen LogP contribution in [-0.4, -0.2) is 47.7 Å². The zero-order valence-corrected chi connectivity index (χ0v) is 19.2. The molecule has 1 unspecified atom stereocenters. The number of alkyl halides is 3. The molecule has 0 aliphatic carbocycles. The van der Waals surface area contributed by atoms with Crippen molar-refractivity contribution in [3.05, 3.63) is 58.9 Å². The van der Waals surface area contributed by atoms with E-state index in [1.165, 1.54) is 31.2 Å². The lowest BCUT2D eigenvalue weighted by Gasteiger charge is -2.24. The first kappa shape index (κ1) is 27.0. The quantitative estimate of drug-likeness (QED) is 0.325. The Hall–Kier alpha value is -3.28. The highest BCUT2D eigenvalue weighted by Gasteiger charge is 2.33. The third-order valence-electron chi connectivity index (χ3n) is 4.52. The number of amides is 1. The van der Waals surface area contributed by atoms with Gasteiger partial charge in [0.15, 0.2) is 0 Å². The Balaban J connectivity index is 2.62. The normalized spacial score (nSPS) is 12.1. The summed E-state index contributed by atoms with van der Waals surface area (Å²) in [6.45, 7) is 2.37. The smallest absolute Gasteiger partial charge is 0.400 e. The fraction of sp³-hybridized carbons (Fsp3) is 0.318. The number of nitrogens with zero attached hydrogens (tertiary/aromatic N) is 1. The molecule has 0 N–H and O–H groups in total. The molecule has 0 aliphatic heterocycles. The fourth-order valence-electron chi connectivity index (χ4n) is 3.02. The van der Waals surface area contributed by atoms with Gasteiger partial charge in [-0.15, -0.1) is 0 Å². The number of hydrogen-bond donors (Lipinski definition) is 0. The molecule has 0 saturated carbocycles. The number of carbonyl (C=O) groups is 3. The average molecular weight is 503 g/mol. The highest BCUT2D eigenvalue weighted by atomic mass is 32.2. The van der Waals surface area contributed by atoms with Gasteiger partial charge in [0.05, 0.1) is 42.3 Å². The first-order valence-electron chi connectivity index (χ1n) is 9.79. The van der Waals surface area contributed by atoms with E-state index in [1.54, 1.807) is 6.92 Å². The van der Waals surface area contributed by atoms with Gasteiger partial charge in [0.2, 0.25) is 0 Å². The maximum atomic E-state index is 14.9. The Labute approximate surface area is 195 Å². The molecule has 2 rings (SSSR count). The van der Waals surface area contributed by atoms with Gasteiger partial charge in [0, 0.05) is 4.90 Å². The van der Waals surface area contributed by atoms with Gasteiger partial charge >= 0.3 is 24.0 Å². The number of hydrogen-bond acceptors (Lipinski definition) is 6. The largest absolute Gasteiger partial charge is 0.462 e. The van der Waals surface area contributed by atoms with Crippen LogP contribution in [0, 0.1) is 12.7 Å². The number of carbonyl (C=O) groups excluding carboxylic acids is 3. The minimum absolute atomic E-state index is 0.0282. The van der Waals surface area contributed by atoms with Crippen LogP contribution >= 0.6 is 0 Å². The van der Waals surface area contributed by atoms with Crippen molar-refractivity contribution in [1.29, 1.82) is 0 Å². The van der Waals surface area contributed by atoms with Crippen LogP contribution in [0.1, 0.15) is 28.4 Å². The summed E-state index contributed by atoms with van der Waals surface area (Å²) in [6, 6.07) is 7.50. The molecule has 0 spiro atoms. The van der Waals surface area contributed by atoms with E-state index in [4.69, 9.17) is 4.74 Å². The average Bonchev–Trinajstić information content (AvgIpc) is 2.76. The van der Waals surface area contributed by atoms with Gasteiger partial charge in [-0.2, -0.15) is 13.2 Å². The van der Waals surface area contributed by atoms with E-state index in [1.807, 2.05) is 0 Å². The van der Waals surface area contributed by atoms with E-state index in [0.717, 1.165) is 19.2 Å². The summed E-state index contributed by atoms with van der Waals surface area (Å²) in [5.74, 6) is -6.21. The predicted molar refractivity (Wildman–Crippen MR) is 114 cm³/mol. The van der Waals surface area contributed by atoms with Crippen molar-refractivity contribution >= 4 is 34.3 Å². The van der Waals surface area contributed by atoms with E-state index in [9.17, 15) is 36.2 Å². The Morgan fingerprint density at radius 3 is 2.35 bits per heavy atom. The molecule has 0 radical (unpaired) electrons. The summed E-state index contributed by atoms with van der Waals surface area (Å²) in [5.41, 5.74) is -0.456. The third-order valence-corrected chi connectivity index (χ3v) is 6.04. The molecule has 0 saturated heterocycles. The van der Waals surface area contributed by atoms with Gasteiger partial charge < -0.3 is 9.47 Å². The molecule has 0 aromatic heterocycles. The predicted octanol–water partition coefficient (Wildman–Crippen LogP) is 3.69. The van der Waals surface area contributed by atoms with Gasteiger partial charge in [-0.25, -0.2) is 14.0 Å². The molecule has 12 heteroatoms. The molecular formula is C22H21F4NO6S. The van der Waals surface area contributed by atoms with Crippen molar-refractivity contribution in [3.63, 3.8) is 0 Å². The summed E-state index contributed by atoms with van der Waals surface area (Å²) in [5, 5.41) is 0. The van der Waals surface area contributed by atoms with Crippen molar-refractivity contribution in [2.24, 2.45) is 0 Å². The van der Waals surface area contributed by atoms with E-state index >= 15 is 0 Å². The molecule has 2 aromatic rings. The molecule has 0 aliphatic rings. The van der Waals surface area contributed by atoms with E-state index in [-0.39, 0.29) is 28.2 Å². The molecule has 34 heavy (non-hydrogen) atoms. The zero-order valence-electron chi connectivity index (χ0n) is 18.4. The third kappa shape index (κ3) is 6.62. The summed E-state index contributed by atoms with van der Waals surface area (Å²) in [4.78, 5) is 37.3. The maximum absolute atomic E-state index is 14.9. The van der Waals surface area contributed by atoms with Crippen LogP contribution in [0.5, 0.6) is 0 Å². The minimum atomic E-state index is -4.76. The molecular weight excluding hydrogens is 482 g/mol. The number of methoxy groups -OCH3 is 1. The molecule has 0 heterocycles. The minimum Gasteiger partial charge on any atom is -0.462 e. The van der Waals surface area contributed by atoms with Gasteiger partial charge in [0.1, 0.15) is 11.6 Å². The van der Waals surface area contributed by atoms with Crippen LogP contribution in [0.25, 0.3) is 0 Å². The van der Waals surface area contributed by atoms with Gasteiger partial charge in [0.25, 0.3) is 0 Å². The standard InChI is InChI=1S/C22H21F4NO6S/c1-4-33-20(29)15-8-6-5-7-14(15)11-27(19(28)21(30)32-3)17-10-18(13(2)9-16(17)23)34(31)12-22(24,25)26/h5-10H,4,11-12H2,1-3H3. The molecule has 7 nitrogen and oxygen atoms in total. The number of ether oxygens (including phenoxy) is 2. The van der Waals surface area contributed by atoms with Crippen molar-refractivity contribution in [1.82, 2.24) is 0 Å². The number of esters is 2. The lowest BCUT2D eigenvalue weighted by molar-refractivity contribution is -0.151. The second kappa shape index (κ2) is 11.2. The van der Waals surface area contributed by atoms with Crippen molar-refractivity contribution in [3.8, 4) is 0 Å². The monoisotopic (exact) mass is 503 g/mol. The second-order valence-corrected chi connectivity index (χ2v) is 8.35. The van der Waals surface area contributed by atoms with Crippen molar-refractivity contribution in [2.45, 2.75) is 31.5 Å². The van der Waals surface area contributed by atoms with E-state index in [0.29, 0.717) is 4.90 Å². The Morgan fingerprint density at radius 1 is 1.12 bits per heavy atom. The summed E-state index contributed by atoms with van der Waals surface area (Å²) in [7, 11) is -1.69. The Morgan fingerprint density at radius 2 is 1.76 bits per heavy atom. The molecule has 2 aromatic carbocycles. The van der Waals surface area contributed by atoms with Gasteiger partial charge in [-0.05, 0) is 43.2 Å². The maximum Gasteiger partial charge on any atom is 0.400 e. The van der Waals surface area contributed by atoms with Crippen LogP contribution in [0.3, 0.4) is 0 Å². The zero-order chi connectivity index (χ0) is 25.6. The van der Waals surface area contributed by atoms with E-state index in [2.05, 4.69) is 4.74 Å². The Kier molecular flexibility index (Phi) is 8.91. The van der Waals surface area contributed by atoms with Crippen LogP contribution in [0.2, 0.25) is 0 Å². The SMILES string of the molecule is CCOC(=O)c1ccccc1CN(C(=O)C(=O)OC)c1cc(S(=O)CC(F)(F)F)c(C)cc1F. The van der Waals surface area contributed by atoms with Crippen molar-refractivity contribution < 1.29 is 45.6 Å². The van der Waals surface area contributed by atoms with Crippen LogP contribution in [-0.2, 0) is 36.4 Å². The number of aryl methyl sites for hydroxylation is 1. The number of benzene rings is 2.